The molecule has 2 aromatic rings. The summed E-state index contributed by atoms with van der Waals surface area (Å²) in [6.07, 6.45) is -3.18. The Hall–Kier alpha value is -1.98. The first-order valence-electron chi connectivity index (χ1n) is 7.11. The van der Waals surface area contributed by atoms with Gasteiger partial charge in [0.25, 0.3) is 0 Å². The predicted octanol–water partition coefficient (Wildman–Crippen LogP) is 4.17. The van der Waals surface area contributed by atoms with Crippen molar-refractivity contribution >= 4 is 16.9 Å². The third-order valence-corrected chi connectivity index (χ3v) is 3.54. The van der Waals surface area contributed by atoms with Crippen LogP contribution in [0.5, 0.6) is 0 Å². The van der Waals surface area contributed by atoms with Gasteiger partial charge in [-0.1, -0.05) is 25.1 Å². The van der Waals surface area contributed by atoms with Crippen LogP contribution >= 0.6 is 0 Å². The zero-order chi connectivity index (χ0) is 16.3. The molecule has 0 saturated carbocycles. The highest BCUT2D eigenvalue weighted by Crippen LogP contribution is 2.41. The number of alkyl halides is 3. The molecule has 120 valence electrons. The number of para-hydroxylation sites is 1. The van der Waals surface area contributed by atoms with Crippen molar-refractivity contribution in [2.45, 2.75) is 31.9 Å². The van der Waals surface area contributed by atoms with Crippen molar-refractivity contribution in [1.29, 1.82) is 0 Å². The van der Waals surface area contributed by atoms with Crippen LogP contribution in [0.4, 0.5) is 13.2 Å². The smallest absolute Gasteiger partial charge is 0.396 e. The number of ether oxygens (including phenoxy) is 1. The second-order valence-electron chi connectivity index (χ2n) is 5.23. The average Bonchev–Trinajstić information content (AvgIpc) is 2.79. The second kappa shape index (κ2) is 6.42. The number of aromatic nitrogens is 1. The fourth-order valence-electron chi connectivity index (χ4n) is 2.49. The number of benzene rings is 1. The summed E-state index contributed by atoms with van der Waals surface area (Å²) >= 11 is 0. The van der Waals surface area contributed by atoms with Crippen LogP contribution in [0.3, 0.4) is 0 Å². The molecule has 6 heteroatoms. The molecule has 0 aliphatic carbocycles. The molecule has 0 radical (unpaired) electrons. The number of hydrogen-bond acceptors (Lipinski definition) is 2. The van der Waals surface area contributed by atoms with E-state index < -0.39 is 24.5 Å². The van der Waals surface area contributed by atoms with Gasteiger partial charge in [-0.3, -0.25) is 4.79 Å². The van der Waals surface area contributed by atoms with Gasteiger partial charge in [0, 0.05) is 24.1 Å². The Morgan fingerprint density at radius 2 is 2.00 bits per heavy atom. The van der Waals surface area contributed by atoms with Crippen LogP contribution in [-0.4, -0.2) is 23.3 Å². The molecule has 1 aromatic carbocycles. The highest BCUT2D eigenvalue weighted by Gasteiger charge is 2.43. The lowest BCUT2D eigenvalue weighted by Gasteiger charge is -2.19. The molecule has 0 spiro atoms. The lowest BCUT2D eigenvalue weighted by molar-refractivity contribution is -0.166. The first-order valence-corrected chi connectivity index (χ1v) is 7.11. The molecule has 0 unspecified atom stereocenters. The van der Waals surface area contributed by atoms with Crippen molar-refractivity contribution in [1.82, 2.24) is 4.57 Å². The quantitative estimate of drug-likeness (QED) is 0.776. The number of nitrogens with zero attached hydrogens (tertiary/aromatic N) is 1. The molecule has 0 aliphatic rings. The van der Waals surface area contributed by atoms with Crippen molar-refractivity contribution in [3.63, 3.8) is 0 Å². The largest absolute Gasteiger partial charge is 0.466 e. The Balaban J connectivity index is 2.38. The van der Waals surface area contributed by atoms with E-state index in [9.17, 15) is 18.0 Å². The number of esters is 1. The van der Waals surface area contributed by atoms with Crippen LogP contribution in [0.25, 0.3) is 10.9 Å². The van der Waals surface area contributed by atoms with E-state index in [4.69, 9.17) is 4.74 Å². The van der Waals surface area contributed by atoms with Gasteiger partial charge in [0.1, 0.15) is 0 Å². The van der Waals surface area contributed by atoms with Crippen molar-refractivity contribution in [2.24, 2.45) is 7.05 Å². The fourth-order valence-corrected chi connectivity index (χ4v) is 2.49. The molecule has 0 fully saturated rings. The summed E-state index contributed by atoms with van der Waals surface area (Å²) in [6.45, 7) is 1.93. The van der Waals surface area contributed by atoms with Crippen LogP contribution < -0.4 is 0 Å². The maximum absolute atomic E-state index is 13.4. The summed E-state index contributed by atoms with van der Waals surface area (Å²) in [5, 5.41) is 0.510. The van der Waals surface area contributed by atoms with E-state index in [2.05, 4.69) is 0 Å². The molecule has 0 aliphatic heterocycles. The van der Waals surface area contributed by atoms with Crippen LogP contribution in [0, 0.1) is 0 Å². The third-order valence-electron chi connectivity index (χ3n) is 3.54. The molecule has 1 aromatic heterocycles. The SMILES string of the molecule is CCCOC(=O)C[C@@H](c1cn(C)c2ccccc12)C(F)(F)F. The molecule has 2 rings (SSSR count). The zero-order valence-corrected chi connectivity index (χ0v) is 12.5. The Kier molecular flexibility index (Phi) is 4.78. The summed E-state index contributed by atoms with van der Waals surface area (Å²) in [5.41, 5.74) is 0.813. The van der Waals surface area contributed by atoms with Crippen LogP contribution in [0.2, 0.25) is 0 Å². The topological polar surface area (TPSA) is 31.2 Å². The number of fused-ring (bicyclic) bond motifs is 1. The standard InChI is InChI=1S/C16H18F3NO2/c1-3-8-22-15(21)9-13(16(17,18)19)12-10-20(2)14-7-5-4-6-11(12)14/h4-7,10,13H,3,8-9H2,1-2H3/t13-/m0/s1. The molecule has 3 nitrogen and oxygen atoms in total. The molecular formula is C16H18F3NO2. The van der Waals surface area contributed by atoms with Gasteiger partial charge in [-0.2, -0.15) is 13.2 Å². The first-order chi connectivity index (χ1) is 10.3. The van der Waals surface area contributed by atoms with Crippen LogP contribution in [0.1, 0.15) is 31.2 Å². The second-order valence-corrected chi connectivity index (χ2v) is 5.23. The number of carbonyl (C=O) groups is 1. The summed E-state index contributed by atoms with van der Waals surface area (Å²) in [7, 11) is 1.69. The summed E-state index contributed by atoms with van der Waals surface area (Å²) in [4.78, 5) is 11.6. The molecule has 0 saturated heterocycles. The van der Waals surface area contributed by atoms with Crippen molar-refractivity contribution < 1.29 is 22.7 Å². The fraction of sp³-hybridized carbons (Fsp3) is 0.438. The van der Waals surface area contributed by atoms with Crippen LogP contribution in [0.15, 0.2) is 30.5 Å². The Bertz CT molecular complexity index is 661. The Morgan fingerprint density at radius 3 is 2.64 bits per heavy atom. The average molecular weight is 313 g/mol. The zero-order valence-electron chi connectivity index (χ0n) is 12.5. The monoisotopic (exact) mass is 313 g/mol. The number of halogens is 3. The minimum absolute atomic E-state index is 0.110. The molecule has 0 N–H and O–H groups in total. The highest BCUT2D eigenvalue weighted by molar-refractivity contribution is 5.85. The number of aryl methyl sites for hydroxylation is 1. The minimum Gasteiger partial charge on any atom is -0.466 e. The molecule has 22 heavy (non-hydrogen) atoms. The summed E-state index contributed by atoms with van der Waals surface area (Å²) < 4.78 is 46.7. The third kappa shape index (κ3) is 3.43. The van der Waals surface area contributed by atoms with E-state index in [0.717, 1.165) is 0 Å². The van der Waals surface area contributed by atoms with E-state index in [0.29, 0.717) is 17.3 Å². The Morgan fingerprint density at radius 1 is 1.32 bits per heavy atom. The van der Waals surface area contributed by atoms with Crippen molar-refractivity contribution in [2.75, 3.05) is 6.61 Å². The van der Waals surface area contributed by atoms with Gasteiger partial charge < -0.3 is 9.30 Å². The van der Waals surface area contributed by atoms with E-state index in [1.165, 1.54) is 6.20 Å². The Labute approximate surface area is 126 Å². The number of hydrogen-bond donors (Lipinski definition) is 0. The van der Waals surface area contributed by atoms with E-state index in [1.54, 1.807) is 42.8 Å². The molecule has 0 bridgehead atoms. The van der Waals surface area contributed by atoms with Crippen molar-refractivity contribution in [3.8, 4) is 0 Å². The van der Waals surface area contributed by atoms with Gasteiger partial charge in [0.2, 0.25) is 0 Å². The normalized spacial score (nSPS) is 13.3. The number of carbonyl (C=O) groups excluding carboxylic acids is 1. The lowest BCUT2D eigenvalue weighted by atomic mass is 9.94. The number of rotatable bonds is 5. The van der Waals surface area contributed by atoms with Gasteiger partial charge in [0.15, 0.2) is 0 Å². The van der Waals surface area contributed by atoms with Gasteiger partial charge >= 0.3 is 12.1 Å². The lowest BCUT2D eigenvalue weighted by Crippen LogP contribution is -2.24. The maximum Gasteiger partial charge on any atom is 0.396 e. The van der Waals surface area contributed by atoms with Gasteiger partial charge in [-0.05, 0) is 18.1 Å². The first kappa shape index (κ1) is 16.4. The van der Waals surface area contributed by atoms with Gasteiger partial charge in [-0.15, -0.1) is 0 Å². The molecular weight excluding hydrogens is 295 g/mol. The maximum atomic E-state index is 13.4. The molecule has 1 atom stereocenters. The summed E-state index contributed by atoms with van der Waals surface area (Å²) in [6, 6.07) is 6.85. The van der Waals surface area contributed by atoms with Gasteiger partial charge in [0.05, 0.1) is 18.9 Å². The molecule has 1 heterocycles. The van der Waals surface area contributed by atoms with Gasteiger partial charge in [-0.25, -0.2) is 0 Å². The summed E-state index contributed by atoms with van der Waals surface area (Å²) in [5.74, 6) is -2.68. The predicted molar refractivity (Wildman–Crippen MR) is 77.6 cm³/mol. The van der Waals surface area contributed by atoms with E-state index in [1.807, 2.05) is 0 Å². The minimum atomic E-state index is -4.50. The highest BCUT2D eigenvalue weighted by atomic mass is 19.4. The van der Waals surface area contributed by atoms with Crippen molar-refractivity contribution in [3.05, 3.63) is 36.0 Å². The van der Waals surface area contributed by atoms with Crippen LogP contribution in [-0.2, 0) is 16.6 Å². The van der Waals surface area contributed by atoms with E-state index >= 15 is 0 Å². The molecule has 0 amide bonds. The van der Waals surface area contributed by atoms with E-state index in [-0.39, 0.29) is 12.2 Å².